The van der Waals surface area contributed by atoms with Crippen LogP contribution in [-0.2, 0) is 29.5 Å². The van der Waals surface area contributed by atoms with Gasteiger partial charge in [0.05, 0.1) is 0 Å². The molecule has 0 bridgehead atoms. The van der Waals surface area contributed by atoms with E-state index in [2.05, 4.69) is 34.9 Å². The highest BCUT2D eigenvalue weighted by Gasteiger charge is 1.96. The van der Waals surface area contributed by atoms with Gasteiger partial charge in [0.15, 0.2) is 0 Å². The van der Waals surface area contributed by atoms with E-state index in [9.17, 15) is 9.59 Å². The van der Waals surface area contributed by atoms with Crippen LogP contribution in [0, 0.1) is 0 Å². The smallest absolute Gasteiger partial charge is 0.218 e. The van der Waals surface area contributed by atoms with Crippen molar-refractivity contribution in [3.8, 4) is 0 Å². The van der Waals surface area contributed by atoms with E-state index in [4.69, 9.17) is 8.37 Å². The first kappa shape index (κ1) is 24.0. The number of carbonyl (C=O) groups excluding carboxylic acids is 2. The Kier molecular flexibility index (Phi) is 13.7. The lowest BCUT2D eigenvalue weighted by atomic mass is 10.2. The summed E-state index contributed by atoms with van der Waals surface area (Å²) < 4.78 is 10.3. The average Bonchev–Trinajstić information content (AvgIpc) is 2.69. The van der Waals surface area contributed by atoms with Crippen LogP contribution in [0.15, 0.2) is 60.7 Å². The SMILES string of the molecule is CC(=O)NCOCNC(C)=O.c1ccc(CSOSCc2ccccc2)cc1. The molecule has 0 aromatic heterocycles. The lowest BCUT2D eigenvalue weighted by molar-refractivity contribution is -0.122. The van der Waals surface area contributed by atoms with E-state index in [0.717, 1.165) is 11.5 Å². The van der Waals surface area contributed by atoms with E-state index in [1.807, 2.05) is 36.4 Å². The summed E-state index contributed by atoms with van der Waals surface area (Å²) in [7, 11) is 0. The zero-order chi connectivity index (χ0) is 20.5. The molecule has 2 aromatic rings. The van der Waals surface area contributed by atoms with Crippen LogP contribution in [0.1, 0.15) is 25.0 Å². The fourth-order valence-electron chi connectivity index (χ4n) is 1.72. The Hall–Kier alpha value is -2.00. The third kappa shape index (κ3) is 14.1. The molecule has 0 unspecified atom stereocenters. The number of amides is 2. The molecule has 0 heterocycles. The van der Waals surface area contributed by atoms with Gasteiger partial charge in [-0.2, -0.15) is 0 Å². The highest BCUT2D eigenvalue weighted by atomic mass is 32.2. The molecule has 0 radical (unpaired) electrons. The van der Waals surface area contributed by atoms with Crippen LogP contribution in [0.5, 0.6) is 0 Å². The van der Waals surface area contributed by atoms with Crippen molar-refractivity contribution in [2.75, 3.05) is 13.5 Å². The molecule has 28 heavy (non-hydrogen) atoms. The summed E-state index contributed by atoms with van der Waals surface area (Å²) in [4.78, 5) is 20.5. The second-order valence-corrected chi connectivity index (χ2v) is 7.12. The minimum Gasteiger partial charge on any atom is -0.341 e. The molecule has 0 atom stereocenters. The van der Waals surface area contributed by atoms with Crippen molar-refractivity contribution >= 4 is 35.9 Å². The maximum atomic E-state index is 10.3. The van der Waals surface area contributed by atoms with Crippen LogP contribution in [0.3, 0.4) is 0 Å². The third-order valence-corrected chi connectivity index (χ3v) is 4.75. The molecular weight excluding hydrogens is 396 g/mol. The highest BCUT2D eigenvalue weighted by Crippen LogP contribution is 2.22. The molecule has 0 aliphatic rings. The number of benzene rings is 2. The largest absolute Gasteiger partial charge is 0.341 e. The molecule has 0 aliphatic carbocycles. The monoisotopic (exact) mass is 422 g/mol. The van der Waals surface area contributed by atoms with E-state index in [-0.39, 0.29) is 25.3 Å². The van der Waals surface area contributed by atoms with Crippen LogP contribution >= 0.6 is 24.1 Å². The van der Waals surface area contributed by atoms with Crippen molar-refractivity contribution in [3.63, 3.8) is 0 Å². The van der Waals surface area contributed by atoms with Crippen LogP contribution in [0.2, 0.25) is 0 Å². The quantitative estimate of drug-likeness (QED) is 0.344. The Labute approximate surface area is 175 Å². The van der Waals surface area contributed by atoms with Gasteiger partial charge < -0.3 is 15.4 Å². The summed E-state index contributed by atoms with van der Waals surface area (Å²) in [6, 6.07) is 20.7. The number of rotatable bonds is 10. The molecule has 152 valence electrons. The maximum absolute atomic E-state index is 10.3. The minimum absolute atomic E-state index is 0.121. The third-order valence-electron chi connectivity index (χ3n) is 3.08. The lowest BCUT2D eigenvalue weighted by Gasteiger charge is -2.03. The second-order valence-electron chi connectivity index (χ2n) is 5.52. The van der Waals surface area contributed by atoms with Crippen molar-refractivity contribution < 1.29 is 18.0 Å². The first-order valence-electron chi connectivity index (χ1n) is 8.63. The zero-order valence-electron chi connectivity index (χ0n) is 16.1. The summed E-state index contributed by atoms with van der Waals surface area (Å²) >= 11 is 2.98. The van der Waals surface area contributed by atoms with Gasteiger partial charge in [-0.1, -0.05) is 60.7 Å². The summed E-state index contributed by atoms with van der Waals surface area (Å²) in [6.45, 7) is 3.02. The highest BCUT2D eigenvalue weighted by molar-refractivity contribution is 8.07. The molecule has 0 aliphatic heterocycles. The lowest BCUT2D eigenvalue weighted by Crippen LogP contribution is -2.29. The summed E-state index contributed by atoms with van der Waals surface area (Å²) in [5.74, 6) is 1.46. The molecule has 0 fully saturated rings. The van der Waals surface area contributed by atoms with Gasteiger partial charge in [-0.15, -0.1) is 0 Å². The summed E-state index contributed by atoms with van der Waals surface area (Å²) in [5, 5.41) is 4.81. The standard InChI is InChI=1S/C14H14OS2.C6H12N2O3/c1-3-7-13(8-4-1)11-16-15-17-12-14-9-5-2-6-10-14;1-5(9)7-3-11-4-8-6(2)10/h1-10H,11-12H2;3-4H2,1-2H3,(H,7,9)(H,8,10). The summed E-state index contributed by atoms with van der Waals surface area (Å²) in [5.41, 5.74) is 2.58. The van der Waals surface area contributed by atoms with Crippen molar-refractivity contribution in [1.82, 2.24) is 10.6 Å². The number of nitrogens with one attached hydrogen (secondary N) is 2. The Balaban J connectivity index is 0.000000311. The Morgan fingerprint density at radius 3 is 1.50 bits per heavy atom. The van der Waals surface area contributed by atoms with E-state index >= 15 is 0 Å². The first-order chi connectivity index (χ1) is 13.6. The number of ether oxygens (including phenoxy) is 1. The van der Waals surface area contributed by atoms with E-state index in [1.54, 1.807) is 0 Å². The van der Waals surface area contributed by atoms with E-state index in [1.165, 1.54) is 49.1 Å². The van der Waals surface area contributed by atoms with Crippen LogP contribution < -0.4 is 10.6 Å². The minimum atomic E-state index is -0.159. The van der Waals surface area contributed by atoms with Gasteiger partial charge in [0.1, 0.15) is 13.5 Å². The predicted octanol–water partition coefficient (Wildman–Crippen LogP) is 3.89. The van der Waals surface area contributed by atoms with Crippen molar-refractivity contribution in [2.24, 2.45) is 0 Å². The molecule has 2 rings (SSSR count). The van der Waals surface area contributed by atoms with Crippen LogP contribution in [0.25, 0.3) is 0 Å². The van der Waals surface area contributed by atoms with Gasteiger partial charge in [-0.25, -0.2) is 3.63 Å². The summed E-state index contributed by atoms with van der Waals surface area (Å²) in [6.07, 6.45) is 0. The molecule has 2 amide bonds. The second kappa shape index (κ2) is 16.0. The average molecular weight is 423 g/mol. The molecule has 8 heteroatoms. The molecule has 6 nitrogen and oxygen atoms in total. The molecule has 0 saturated carbocycles. The molecule has 0 saturated heterocycles. The van der Waals surface area contributed by atoms with Gasteiger partial charge in [0.2, 0.25) is 11.8 Å². The van der Waals surface area contributed by atoms with Crippen LogP contribution in [-0.4, -0.2) is 25.3 Å². The zero-order valence-corrected chi connectivity index (χ0v) is 17.7. The number of hydrogen-bond donors (Lipinski definition) is 2. The maximum Gasteiger partial charge on any atom is 0.218 e. The van der Waals surface area contributed by atoms with Gasteiger partial charge in [-0.05, 0) is 11.1 Å². The first-order valence-corrected chi connectivity index (χ1v) is 10.5. The molecular formula is C20H26N2O4S2. The van der Waals surface area contributed by atoms with Crippen molar-refractivity contribution in [2.45, 2.75) is 25.4 Å². The van der Waals surface area contributed by atoms with Crippen molar-refractivity contribution in [1.29, 1.82) is 0 Å². The normalized spacial score (nSPS) is 9.79. The van der Waals surface area contributed by atoms with Crippen molar-refractivity contribution in [3.05, 3.63) is 71.8 Å². The number of hydrogen-bond acceptors (Lipinski definition) is 6. The fourth-order valence-corrected chi connectivity index (χ4v) is 3.04. The predicted molar refractivity (Wildman–Crippen MR) is 115 cm³/mol. The van der Waals surface area contributed by atoms with Gasteiger partial charge in [-0.3, -0.25) is 9.59 Å². The topological polar surface area (TPSA) is 76.7 Å². The van der Waals surface area contributed by atoms with Gasteiger partial charge in [0.25, 0.3) is 0 Å². The molecule has 2 N–H and O–H groups in total. The number of carbonyl (C=O) groups is 2. The van der Waals surface area contributed by atoms with Gasteiger partial charge >= 0.3 is 0 Å². The Morgan fingerprint density at radius 2 is 1.14 bits per heavy atom. The van der Waals surface area contributed by atoms with Gasteiger partial charge in [0, 0.05) is 49.4 Å². The Bertz CT molecular complexity index is 615. The fraction of sp³-hybridized carbons (Fsp3) is 0.300. The van der Waals surface area contributed by atoms with E-state index < -0.39 is 0 Å². The molecule has 0 spiro atoms. The molecule has 2 aromatic carbocycles. The Morgan fingerprint density at radius 1 is 0.750 bits per heavy atom. The van der Waals surface area contributed by atoms with E-state index in [0.29, 0.717) is 0 Å². The van der Waals surface area contributed by atoms with Crippen LogP contribution in [0.4, 0.5) is 0 Å².